The van der Waals surface area contributed by atoms with E-state index in [2.05, 4.69) is 10.6 Å². The van der Waals surface area contributed by atoms with Gasteiger partial charge in [0, 0.05) is 31.5 Å². The number of carbonyl (C=O) groups is 2. The predicted molar refractivity (Wildman–Crippen MR) is 98.7 cm³/mol. The lowest BCUT2D eigenvalue weighted by atomic mass is 9.96. The largest absolute Gasteiger partial charge is 0.370 e. The second-order valence-corrected chi connectivity index (χ2v) is 6.53. The molecule has 1 aromatic carbocycles. The third kappa shape index (κ3) is 3.99. The van der Waals surface area contributed by atoms with Crippen molar-refractivity contribution in [3.8, 4) is 0 Å². The van der Waals surface area contributed by atoms with Crippen LogP contribution in [-0.4, -0.2) is 47.0 Å². The van der Waals surface area contributed by atoms with Crippen LogP contribution in [-0.2, 0) is 16.1 Å². The van der Waals surface area contributed by atoms with Gasteiger partial charge in [0.15, 0.2) is 0 Å². The topological polar surface area (TPSA) is 83.4 Å². The number of amides is 2. The first-order valence-corrected chi connectivity index (χ1v) is 8.63. The van der Waals surface area contributed by atoms with E-state index in [1.54, 1.807) is 35.4 Å². The Hall–Kier alpha value is -3.16. The lowest BCUT2D eigenvalue weighted by Gasteiger charge is -2.30. The highest BCUT2D eigenvalue weighted by molar-refractivity contribution is 5.91. The minimum absolute atomic E-state index is 0.0938. The maximum atomic E-state index is 13.5. The number of benzene rings is 1. The van der Waals surface area contributed by atoms with E-state index < -0.39 is 11.4 Å². The Morgan fingerprint density at radius 2 is 2.04 bits per heavy atom. The van der Waals surface area contributed by atoms with Crippen LogP contribution in [0, 0.1) is 5.82 Å². The molecular formula is C19H21FN4O3. The summed E-state index contributed by atoms with van der Waals surface area (Å²) in [5.74, 6) is -0.949. The van der Waals surface area contributed by atoms with Gasteiger partial charge < -0.3 is 20.1 Å². The Labute approximate surface area is 155 Å². The molecule has 7 nitrogen and oxygen atoms in total. The third-order valence-corrected chi connectivity index (χ3v) is 4.70. The molecule has 8 heteroatoms. The number of aromatic nitrogens is 1. The van der Waals surface area contributed by atoms with Crippen molar-refractivity contribution in [2.45, 2.75) is 18.5 Å². The van der Waals surface area contributed by atoms with E-state index in [-0.39, 0.29) is 30.5 Å². The highest BCUT2D eigenvalue weighted by Gasteiger charge is 2.45. The number of anilines is 1. The van der Waals surface area contributed by atoms with Gasteiger partial charge >= 0.3 is 0 Å². The smallest absolute Gasteiger partial charge is 0.250 e. The number of hydrogen-bond donors (Lipinski definition) is 2. The number of likely N-dealkylation sites (N-methyl/N-ethyl adjacent to an activating group) is 1. The SMILES string of the molecule is CNC(=O)C1(Nc2cccc(F)c2)CCN(C(=O)Cn2ccccc2=O)C1. The van der Waals surface area contributed by atoms with Crippen LogP contribution in [0.5, 0.6) is 0 Å². The van der Waals surface area contributed by atoms with Crippen molar-refractivity contribution in [1.82, 2.24) is 14.8 Å². The number of pyridine rings is 1. The summed E-state index contributed by atoms with van der Waals surface area (Å²) >= 11 is 0. The van der Waals surface area contributed by atoms with Gasteiger partial charge in [0.05, 0.1) is 6.54 Å². The fourth-order valence-electron chi connectivity index (χ4n) is 3.29. The Morgan fingerprint density at radius 3 is 2.74 bits per heavy atom. The van der Waals surface area contributed by atoms with E-state index >= 15 is 0 Å². The second-order valence-electron chi connectivity index (χ2n) is 6.53. The molecular weight excluding hydrogens is 351 g/mol. The standard InChI is InChI=1S/C19H21FN4O3/c1-21-18(27)19(22-15-6-4-5-14(20)11-15)8-10-24(13-19)17(26)12-23-9-3-2-7-16(23)25/h2-7,9,11,22H,8,10,12-13H2,1H3,(H,21,27). The van der Waals surface area contributed by atoms with E-state index in [1.807, 2.05) is 0 Å². The Bertz CT molecular complexity index is 914. The lowest BCUT2D eigenvalue weighted by Crippen LogP contribution is -2.54. The predicted octanol–water partition coefficient (Wildman–Crippen LogP) is 0.817. The first-order valence-electron chi connectivity index (χ1n) is 8.63. The minimum Gasteiger partial charge on any atom is -0.370 e. The van der Waals surface area contributed by atoms with Crippen molar-refractivity contribution in [3.05, 3.63) is 64.8 Å². The Morgan fingerprint density at radius 1 is 1.22 bits per heavy atom. The molecule has 1 aromatic heterocycles. The summed E-state index contributed by atoms with van der Waals surface area (Å²) in [7, 11) is 1.52. The van der Waals surface area contributed by atoms with Crippen LogP contribution in [0.4, 0.5) is 10.1 Å². The molecule has 1 fully saturated rings. The fraction of sp³-hybridized carbons (Fsp3) is 0.316. The molecule has 0 radical (unpaired) electrons. The summed E-state index contributed by atoms with van der Waals surface area (Å²) in [5.41, 5.74) is -0.854. The number of likely N-dealkylation sites (tertiary alicyclic amines) is 1. The highest BCUT2D eigenvalue weighted by atomic mass is 19.1. The molecule has 2 heterocycles. The lowest BCUT2D eigenvalue weighted by molar-refractivity contribution is -0.131. The van der Waals surface area contributed by atoms with E-state index in [0.29, 0.717) is 18.7 Å². The Kier molecular flexibility index (Phi) is 5.25. The number of nitrogens with zero attached hydrogens (tertiary/aromatic N) is 2. The van der Waals surface area contributed by atoms with E-state index in [1.165, 1.54) is 29.8 Å². The molecule has 2 amide bonds. The van der Waals surface area contributed by atoms with Crippen molar-refractivity contribution in [3.63, 3.8) is 0 Å². The molecule has 0 spiro atoms. The molecule has 1 atom stereocenters. The zero-order valence-corrected chi connectivity index (χ0v) is 14.9. The van der Waals surface area contributed by atoms with Crippen LogP contribution in [0.25, 0.3) is 0 Å². The van der Waals surface area contributed by atoms with E-state index in [4.69, 9.17) is 0 Å². The van der Waals surface area contributed by atoms with Crippen molar-refractivity contribution in [1.29, 1.82) is 0 Å². The molecule has 1 saturated heterocycles. The summed E-state index contributed by atoms with van der Waals surface area (Å²) in [4.78, 5) is 38.5. The average Bonchev–Trinajstić information content (AvgIpc) is 3.08. The number of carbonyl (C=O) groups excluding carboxylic acids is 2. The Balaban J connectivity index is 1.77. The normalized spacial score (nSPS) is 19.0. The molecule has 0 aliphatic carbocycles. The first-order chi connectivity index (χ1) is 12.9. The first kappa shape index (κ1) is 18.6. The number of rotatable bonds is 5. The second kappa shape index (κ2) is 7.61. The van der Waals surface area contributed by atoms with Crippen LogP contribution < -0.4 is 16.2 Å². The fourth-order valence-corrected chi connectivity index (χ4v) is 3.29. The maximum Gasteiger partial charge on any atom is 0.250 e. The summed E-state index contributed by atoms with van der Waals surface area (Å²) in [5, 5.41) is 5.70. The van der Waals surface area contributed by atoms with Crippen molar-refractivity contribution in [2.75, 3.05) is 25.5 Å². The van der Waals surface area contributed by atoms with Crippen molar-refractivity contribution in [2.24, 2.45) is 0 Å². The number of nitrogens with one attached hydrogen (secondary N) is 2. The van der Waals surface area contributed by atoms with Gasteiger partial charge in [-0.25, -0.2) is 4.39 Å². The van der Waals surface area contributed by atoms with Crippen LogP contribution in [0.1, 0.15) is 6.42 Å². The van der Waals surface area contributed by atoms with Gasteiger partial charge in [0.1, 0.15) is 17.9 Å². The van der Waals surface area contributed by atoms with Gasteiger partial charge in [0.25, 0.3) is 5.56 Å². The molecule has 1 aliphatic rings. The van der Waals surface area contributed by atoms with Crippen LogP contribution in [0.15, 0.2) is 53.5 Å². The average molecular weight is 372 g/mol. The summed E-state index contributed by atoms with van der Waals surface area (Å²) in [6.45, 7) is 0.392. The zero-order valence-electron chi connectivity index (χ0n) is 14.9. The molecule has 142 valence electrons. The van der Waals surface area contributed by atoms with E-state index in [9.17, 15) is 18.8 Å². The molecule has 2 N–H and O–H groups in total. The van der Waals surface area contributed by atoms with Gasteiger partial charge in [-0.15, -0.1) is 0 Å². The quantitative estimate of drug-likeness (QED) is 0.814. The number of hydrogen-bond acceptors (Lipinski definition) is 4. The van der Waals surface area contributed by atoms with E-state index in [0.717, 1.165) is 0 Å². The highest BCUT2D eigenvalue weighted by Crippen LogP contribution is 2.27. The van der Waals surface area contributed by atoms with Crippen molar-refractivity contribution >= 4 is 17.5 Å². The maximum absolute atomic E-state index is 13.5. The summed E-state index contributed by atoms with van der Waals surface area (Å²) < 4.78 is 14.8. The van der Waals surface area contributed by atoms with Crippen LogP contribution in [0.3, 0.4) is 0 Å². The van der Waals surface area contributed by atoms with Crippen LogP contribution >= 0.6 is 0 Å². The molecule has 0 saturated carbocycles. The minimum atomic E-state index is -1.06. The molecule has 27 heavy (non-hydrogen) atoms. The molecule has 1 unspecified atom stereocenters. The van der Waals surface area contributed by atoms with Gasteiger partial charge in [-0.05, 0) is 30.7 Å². The summed E-state index contributed by atoms with van der Waals surface area (Å²) in [6, 6.07) is 10.5. The van der Waals surface area contributed by atoms with Crippen molar-refractivity contribution < 1.29 is 14.0 Å². The third-order valence-electron chi connectivity index (χ3n) is 4.70. The van der Waals surface area contributed by atoms with Gasteiger partial charge in [-0.2, -0.15) is 0 Å². The molecule has 2 aromatic rings. The molecule has 1 aliphatic heterocycles. The number of halogens is 1. The zero-order chi connectivity index (χ0) is 19.4. The monoisotopic (exact) mass is 372 g/mol. The van der Waals surface area contributed by atoms with Gasteiger partial charge in [-0.1, -0.05) is 12.1 Å². The molecule has 0 bridgehead atoms. The van der Waals surface area contributed by atoms with Gasteiger partial charge in [-0.3, -0.25) is 14.4 Å². The summed E-state index contributed by atoms with van der Waals surface area (Å²) in [6.07, 6.45) is 1.92. The molecule has 3 rings (SSSR count). The van der Waals surface area contributed by atoms with Crippen LogP contribution in [0.2, 0.25) is 0 Å². The van der Waals surface area contributed by atoms with Gasteiger partial charge in [0.2, 0.25) is 11.8 Å².